The lowest BCUT2D eigenvalue weighted by molar-refractivity contribution is 0.340. The van der Waals surface area contributed by atoms with Crippen LogP contribution in [0.15, 0.2) is 40.9 Å². The minimum atomic E-state index is 0.642. The summed E-state index contributed by atoms with van der Waals surface area (Å²) >= 11 is 3.27. The van der Waals surface area contributed by atoms with Crippen molar-refractivity contribution in [3.8, 4) is 16.3 Å². The van der Waals surface area contributed by atoms with Gasteiger partial charge in [-0.1, -0.05) is 11.8 Å². The van der Waals surface area contributed by atoms with Gasteiger partial charge in [0.25, 0.3) is 5.78 Å². The predicted molar refractivity (Wildman–Crippen MR) is 109 cm³/mol. The van der Waals surface area contributed by atoms with Crippen LogP contribution in [0.1, 0.15) is 24.0 Å². The Morgan fingerprint density at radius 1 is 1.11 bits per heavy atom. The van der Waals surface area contributed by atoms with E-state index in [1.165, 1.54) is 0 Å². The standard InChI is InChI=1S/C19H19N5OS2/c1-4-25-16-7-5-14(6-8-16)17-21-15(10-26-17)11-27-19-23-22-18-20-12(2)9-13(3)24(18)19/h5-10H,4,11H2,1-3H3. The molecule has 0 atom stereocenters. The molecule has 0 spiro atoms. The highest BCUT2D eigenvalue weighted by atomic mass is 32.2. The Kier molecular flexibility index (Phi) is 5.09. The maximum absolute atomic E-state index is 5.49. The molecule has 0 radical (unpaired) electrons. The second-order valence-electron chi connectivity index (χ2n) is 6.05. The van der Waals surface area contributed by atoms with Crippen LogP contribution in [0.25, 0.3) is 16.3 Å². The first kappa shape index (κ1) is 17.9. The Balaban J connectivity index is 1.49. The Bertz CT molecular complexity index is 1070. The number of fused-ring (bicyclic) bond motifs is 1. The summed E-state index contributed by atoms with van der Waals surface area (Å²) in [5.41, 5.74) is 4.16. The summed E-state index contributed by atoms with van der Waals surface area (Å²) in [6.07, 6.45) is 0. The number of aromatic nitrogens is 5. The Labute approximate surface area is 165 Å². The van der Waals surface area contributed by atoms with Crippen molar-refractivity contribution in [2.24, 2.45) is 0 Å². The van der Waals surface area contributed by atoms with Gasteiger partial charge in [0.1, 0.15) is 10.8 Å². The van der Waals surface area contributed by atoms with Gasteiger partial charge in [-0.15, -0.1) is 21.5 Å². The minimum absolute atomic E-state index is 0.642. The number of benzene rings is 1. The van der Waals surface area contributed by atoms with Crippen LogP contribution in [-0.4, -0.2) is 31.2 Å². The van der Waals surface area contributed by atoms with Crippen LogP contribution in [-0.2, 0) is 5.75 Å². The highest BCUT2D eigenvalue weighted by Gasteiger charge is 2.12. The van der Waals surface area contributed by atoms with Crippen molar-refractivity contribution in [2.75, 3.05) is 6.61 Å². The van der Waals surface area contributed by atoms with E-state index in [9.17, 15) is 0 Å². The summed E-state index contributed by atoms with van der Waals surface area (Å²) in [6, 6.07) is 10.1. The van der Waals surface area contributed by atoms with E-state index >= 15 is 0 Å². The largest absolute Gasteiger partial charge is 0.494 e. The highest BCUT2D eigenvalue weighted by Crippen LogP contribution is 2.29. The number of thioether (sulfide) groups is 1. The molecule has 0 saturated carbocycles. The van der Waals surface area contributed by atoms with E-state index in [2.05, 4.69) is 20.6 Å². The number of hydrogen-bond acceptors (Lipinski definition) is 7. The summed E-state index contributed by atoms with van der Waals surface area (Å²) in [6.45, 7) is 6.66. The zero-order chi connectivity index (χ0) is 18.8. The molecule has 27 heavy (non-hydrogen) atoms. The van der Waals surface area contributed by atoms with Gasteiger partial charge >= 0.3 is 0 Å². The first-order chi connectivity index (χ1) is 13.1. The fourth-order valence-corrected chi connectivity index (χ4v) is 4.61. The van der Waals surface area contributed by atoms with Crippen molar-refractivity contribution < 1.29 is 4.74 Å². The molecule has 8 heteroatoms. The van der Waals surface area contributed by atoms with Gasteiger partial charge in [0.05, 0.1) is 12.3 Å². The third-order valence-electron chi connectivity index (χ3n) is 3.98. The molecule has 0 bridgehead atoms. The van der Waals surface area contributed by atoms with Crippen molar-refractivity contribution in [1.82, 2.24) is 24.6 Å². The van der Waals surface area contributed by atoms with Gasteiger partial charge in [-0.2, -0.15) is 0 Å². The molecule has 3 heterocycles. The van der Waals surface area contributed by atoms with E-state index in [1.54, 1.807) is 23.1 Å². The molecule has 0 aliphatic heterocycles. The first-order valence-corrected chi connectivity index (χ1v) is 10.5. The summed E-state index contributed by atoms with van der Waals surface area (Å²) in [7, 11) is 0. The summed E-state index contributed by atoms with van der Waals surface area (Å²) in [5.74, 6) is 2.26. The molecule has 1 aromatic carbocycles. The molecule has 6 nitrogen and oxygen atoms in total. The predicted octanol–water partition coefficient (Wildman–Crippen LogP) is 4.56. The van der Waals surface area contributed by atoms with Gasteiger partial charge in [0.15, 0.2) is 5.16 Å². The molecular weight excluding hydrogens is 378 g/mol. The molecule has 0 aliphatic carbocycles. The molecule has 4 rings (SSSR count). The van der Waals surface area contributed by atoms with Gasteiger partial charge in [-0.3, -0.25) is 4.40 Å². The van der Waals surface area contributed by atoms with Gasteiger partial charge in [-0.05, 0) is 51.1 Å². The molecule has 138 valence electrons. The van der Waals surface area contributed by atoms with E-state index in [1.807, 2.05) is 55.5 Å². The van der Waals surface area contributed by atoms with Crippen molar-refractivity contribution in [2.45, 2.75) is 31.7 Å². The maximum atomic E-state index is 5.49. The van der Waals surface area contributed by atoms with Crippen molar-refractivity contribution >= 4 is 28.9 Å². The lowest BCUT2D eigenvalue weighted by atomic mass is 10.2. The number of nitrogens with zero attached hydrogens (tertiary/aromatic N) is 5. The number of aryl methyl sites for hydroxylation is 2. The van der Waals surface area contributed by atoms with Crippen LogP contribution in [0.4, 0.5) is 0 Å². The van der Waals surface area contributed by atoms with Crippen LogP contribution >= 0.6 is 23.1 Å². The third kappa shape index (κ3) is 3.81. The number of ether oxygens (including phenoxy) is 1. The topological polar surface area (TPSA) is 65.2 Å². The normalized spacial score (nSPS) is 11.2. The second kappa shape index (κ2) is 7.66. The smallest absolute Gasteiger partial charge is 0.256 e. The molecule has 0 unspecified atom stereocenters. The summed E-state index contributed by atoms with van der Waals surface area (Å²) in [5, 5.41) is 12.4. The number of rotatable bonds is 6. The van der Waals surface area contributed by atoms with Gasteiger partial charge in [0.2, 0.25) is 0 Å². The second-order valence-corrected chi connectivity index (χ2v) is 7.85. The van der Waals surface area contributed by atoms with Gasteiger partial charge in [0, 0.05) is 28.1 Å². The first-order valence-electron chi connectivity index (χ1n) is 8.64. The molecule has 0 saturated heterocycles. The van der Waals surface area contributed by atoms with Crippen LogP contribution in [0.5, 0.6) is 5.75 Å². The molecule has 0 amide bonds. The lowest BCUT2D eigenvalue weighted by Crippen LogP contribution is -1.97. The number of hydrogen-bond donors (Lipinski definition) is 0. The summed E-state index contributed by atoms with van der Waals surface area (Å²) < 4.78 is 7.48. The van der Waals surface area contributed by atoms with Crippen LogP contribution in [0.2, 0.25) is 0 Å². The molecule has 0 N–H and O–H groups in total. The van der Waals surface area contributed by atoms with E-state index < -0.39 is 0 Å². The van der Waals surface area contributed by atoms with Crippen LogP contribution < -0.4 is 4.74 Å². The molecule has 0 aliphatic rings. The van der Waals surface area contributed by atoms with E-state index in [4.69, 9.17) is 9.72 Å². The van der Waals surface area contributed by atoms with E-state index in [0.717, 1.165) is 44.3 Å². The average molecular weight is 398 g/mol. The molecule has 0 fully saturated rings. The Morgan fingerprint density at radius 3 is 2.70 bits per heavy atom. The van der Waals surface area contributed by atoms with Crippen molar-refractivity contribution in [1.29, 1.82) is 0 Å². The van der Waals surface area contributed by atoms with Gasteiger partial charge in [-0.25, -0.2) is 9.97 Å². The SMILES string of the molecule is CCOc1ccc(-c2nc(CSc3nnc4nc(C)cc(C)n34)cs2)cc1. The molecular formula is C19H19N5OS2. The van der Waals surface area contributed by atoms with E-state index in [0.29, 0.717) is 12.4 Å². The van der Waals surface area contributed by atoms with Crippen molar-refractivity contribution in [3.05, 3.63) is 52.8 Å². The fourth-order valence-electron chi connectivity index (χ4n) is 2.80. The van der Waals surface area contributed by atoms with Crippen molar-refractivity contribution in [3.63, 3.8) is 0 Å². The van der Waals surface area contributed by atoms with Gasteiger partial charge < -0.3 is 4.74 Å². The maximum Gasteiger partial charge on any atom is 0.256 e. The quantitative estimate of drug-likeness (QED) is 0.445. The number of thiazole rings is 1. The van der Waals surface area contributed by atoms with Crippen LogP contribution in [0, 0.1) is 13.8 Å². The fraction of sp³-hybridized carbons (Fsp3) is 0.263. The summed E-state index contributed by atoms with van der Waals surface area (Å²) in [4.78, 5) is 9.18. The average Bonchev–Trinajstić information content (AvgIpc) is 3.28. The monoisotopic (exact) mass is 397 g/mol. The lowest BCUT2D eigenvalue weighted by Gasteiger charge is -2.03. The minimum Gasteiger partial charge on any atom is -0.494 e. The zero-order valence-electron chi connectivity index (χ0n) is 15.3. The highest BCUT2D eigenvalue weighted by molar-refractivity contribution is 7.98. The Morgan fingerprint density at radius 2 is 1.93 bits per heavy atom. The third-order valence-corrected chi connectivity index (χ3v) is 5.88. The Hall–Kier alpha value is -2.45. The molecule has 4 aromatic rings. The zero-order valence-corrected chi connectivity index (χ0v) is 17.0. The van der Waals surface area contributed by atoms with Crippen LogP contribution in [0.3, 0.4) is 0 Å². The van der Waals surface area contributed by atoms with E-state index in [-0.39, 0.29) is 0 Å². The molecule has 3 aromatic heterocycles.